The Bertz CT molecular complexity index is 938. The quantitative estimate of drug-likeness (QED) is 0.633. The van der Waals surface area contributed by atoms with Gasteiger partial charge in [-0.05, 0) is 43.4 Å². The highest BCUT2D eigenvalue weighted by atomic mass is 16.5. The molecule has 2 aromatic carbocycles. The van der Waals surface area contributed by atoms with Crippen LogP contribution in [-0.2, 0) is 15.0 Å². The van der Waals surface area contributed by atoms with E-state index in [2.05, 4.69) is 48.7 Å². The molecular formula is C26H33N3O3. The standard InChI is InChI=1S/C26H33N3O3/c1-3-20(4-2)28-25(31)23-16-29(21-12-8-9-13-22(21)32-23)17-24(30)27-18-26(14-15-26)19-10-6-5-7-11-19/h5-13,20,23H,3-4,14-18H2,1-2H3,(H,27,30)(H,28,31). The Balaban J connectivity index is 1.40. The van der Waals surface area contributed by atoms with Gasteiger partial charge in [0.15, 0.2) is 6.10 Å². The summed E-state index contributed by atoms with van der Waals surface area (Å²) < 4.78 is 5.99. The highest BCUT2D eigenvalue weighted by molar-refractivity contribution is 5.86. The molecular weight excluding hydrogens is 402 g/mol. The molecule has 2 aliphatic rings. The average molecular weight is 436 g/mol. The number of nitrogens with one attached hydrogen (secondary N) is 2. The molecule has 4 rings (SSSR count). The fourth-order valence-corrected chi connectivity index (χ4v) is 4.39. The van der Waals surface area contributed by atoms with Crippen LogP contribution in [0.3, 0.4) is 0 Å². The molecule has 1 heterocycles. The SMILES string of the molecule is CCC(CC)NC(=O)C1CN(CC(=O)NCC2(c3ccccc3)CC2)c2ccccc2O1. The van der Waals surface area contributed by atoms with Crippen molar-refractivity contribution in [2.75, 3.05) is 24.5 Å². The fraction of sp³-hybridized carbons (Fsp3) is 0.462. The second-order valence-electron chi connectivity index (χ2n) is 8.90. The number of para-hydroxylation sites is 2. The molecule has 1 aliphatic heterocycles. The van der Waals surface area contributed by atoms with E-state index in [1.165, 1.54) is 5.56 Å². The normalized spacial score (nSPS) is 18.5. The third-order valence-corrected chi connectivity index (χ3v) is 6.68. The molecule has 2 N–H and O–H groups in total. The number of fused-ring (bicyclic) bond motifs is 1. The lowest BCUT2D eigenvalue weighted by Crippen LogP contribution is -2.53. The van der Waals surface area contributed by atoms with E-state index in [-0.39, 0.29) is 29.8 Å². The summed E-state index contributed by atoms with van der Waals surface area (Å²) in [4.78, 5) is 27.7. The number of hydrogen-bond donors (Lipinski definition) is 2. The van der Waals surface area contributed by atoms with Gasteiger partial charge in [-0.1, -0.05) is 56.3 Å². The number of benzene rings is 2. The molecule has 32 heavy (non-hydrogen) atoms. The van der Waals surface area contributed by atoms with E-state index in [9.17, 15) is 9.59 Å². The van der Waals surface area contributed by atoms with Crippen LogP contribution in [-0.4, -0.2) is 43.6 Å². The predicted octanol–water partition coefficient (Wildman–Crippen LogP) is 3.41. The van der Waals surface area contributed by atoms with Gasteiger partial charge in [0.25, 0.3) is 5.91 Å². The molecule has 1 aliphatic carbocycles. The van der Waals surface area contributed by atoms with Crippen molar-refractivity contribution in [3.63, 3.8) is 0 Å². The molecule has 6 nitrogen and oxygen atoms in total. The van der Waals surface area contributed by atoms with Crippen molar-refractivity contribution in [3.8, 4) is 5.75 Å². The van der Waals surface area contributed by atoms with Crippen molar-refractivity contribution < 1.29 is 14.3 Å². The Hall–Kier alpha value is -3.02. The second kappa shape index (κ2) is 9.63. The Morgan fingerprint density at radius 1 is 1.06 bits per heavy atom. The van der Waals surface area contributed by atoms with Crippen LogP contribution >= 0.6 is 0 Å². The first kappa shape index (κ1) is 22.2. The summed E-state index contributed by atoms with van der Waals surface area (Å²) in [7, 11) is 0. The highest BCUT2D eigenvalue weighted by Crippen LogP contribution is 2.47. The smallest absolute Gasteiger partial charge is 0.263 e. The van der Waals surface area contributed by atoms with Gasteiger partial charge in [0.2, 0.25) is 5.91 Å². The molecule has 0 bridgehead atoms. The number of rotatable bonds is 9. The zero-order valence-corrected chi connectivity index (χ0v) is 19.0. The van der Waals surface area contributed by atoms with E-state index >= 15 is 0 Å². The molecule has 0 aromatic heterocycles. The van der Waals surface area contributed by atoms with Gasteiger partial charge in [0.05, 0.1) is 18.8 Å². The van der Waals surface area contributed by atoms with E-state index in [0.717, 1.165) is 31.4 Å². The minimum absolute atomic E-state index is 0.0388. The van der Waals surface area contributed by atoms with Gasteiger partial charge in [-0.15, -0.1) is 0 Å². The Morgan fingerprint density at radius 2 is 1.75 bits per heavy atom. The summed E-state index contributed by atoms with van der Waals surface area (Å²) >= 11 is 0. The van der Waals surface area contributed by atoms with Crippen molar-refractivity contribution in [2.24, 2.45) is 0 Å². The number of carbonyl (C=O) groups is 2. The number of nitrogens with zero attached hydrogens (tertiary/aromatic N) is 1. The highest BCUT2D eigenvalue weighted by Gasteiger charge is 2.44. The van der Waals surface area contributed by atoms with Gasteiger partial charge in [-0.3, -0.25) is 9.59 Å². The third kappa shape index (κ3) is 4.90. The lowest BCUT2D eigenvalue weighted by atomic mass is 9.96. The van der Waals surface area contributed by atoms with Crippen LogP contribution in [0.4, 0.5) is 5.69 Å². The van der Waals surface area contributed by atoms with Gasteiger partial charge >= 0.3 is 0 Å². The van der Waals surface area contributed by atoms with Crippen molar-refractivity contribution in [1.82, 2.24) is 10.6 Å². The number of anilines is 1. The molecule has 0 radical (unpaired) electrons. The maximum absolute atomic E-state index is 12.9. The number of hydrogen-bond acceptors (Lipinski definition) is 4. The van der Waals surface area contributed by atoms with Crippen LogP contribution in [0.1, 0.15) is 45.1 Å². The van der Waals surface area contributed by atoms with Crippen LogP contribution in [0, 0.1) is 0 Å². The molecule has 170 valence electrons. The van der Waals surface area contributed by atoms with Gasteiger partial charge in [-0.25, -0.2) is 0 Å². The fourth-order valence-electron chi connectivity index (χ4n) is 4.39. The molecule has 2 aromatic rings. The van der Waals surface area contributed by atoms with Gasteiger partial charge < -0.3 is 20.3 Å². The monoisotopic (exact) mass is 435 g/mol. The van der Waals surface area contributed by atoms with Crippen LogP contribution in [0.2, 0.25) is 0 Å². The Morgan fingerprint density at radius 3 is 2.44 bits per heavy atom. The lowest BCUT2D eigenvalue weighted by Gasteiger charge is -2.35. The van der Waals surface area contributed by atoms with Crippen LogP contribution in [0.15, 0.2) is 54.6 Å². The van der Waals surface area contributed by atoms with E-state index < -0.39 is 6.10 Å². The lowest BCUT2D eigenvalue weighted by molar-refractivity contribution is -0.129. The number of ether oxygens (including phenoxy) is 1. The molecule has 0 saturated heterocycles. The van der Waals surface area contributed by atoms with Crippen LogP contribution < -0.4 is 20.3 Å². The summed E-state index contributed by atoms with van der Waals surface area (Å²) in [5, 5.41) is 6.21. The zero-order valence-electron chi connectivity index (χ0n) is 19.0. The summed E-state index contributed by atoms with van der Waals surface area (Å²) in [5.41, 5.74) is 2.20. The van der Waals surface area contributed by atoms with Crippen molar-refractivity contribution in [2.45, 2.75) is 57.1 Å². The number of amides is 2. The maximum Gasteiger partial charge on any atom is 0.263 e. The molecule has 2 amide bonds. The van der Waals surface area contributed by atoms with Crippen molar-refractivity contribution in [1.29, 1.82) is 0 Å². The molecule has 1 unspecified atom stereocenters. The van der Waals surface area contributed by atoms with Gasteiger partial charge in [0, 0.05) is 18.0 Å². The molecule has 1 saturated carbocycles. The molecule has 6 heteroatoms. The van der Waals surface area contributed by atoms with Crippen molar-refractivity contribution >= 4 is 17.5 Å². The summed E-state index contributed by atoms with van der Waals surface area (Å²) in [5.74, 6) is 0.474. The second-order valence-corrected chi connectivity index (χ2v) is 8.90. The van der Waals surface area contributed by atoms with E-state index in [1.807, 2.05) is 35.2 Å². The third-order valence-electron chi connectivity index (χ3n) is 6.68. The van der Waals surface area contributed by atoms with Gasteiger partial charge in [0.1, 0.15) is 5.75 Å². The predicted molar refractivity (Wildman–Crippen MR) is 126 cm³/mol. The van der Waals surface area contributed by atoms with Crippen LogP contribution in [0.5, 0.6) is 5.75 Å². The Labute approximate surface area is 190 Å². The van der Waals surface area contributed by atoms with E-state index in [0.29, 0.717) is 18.8 Å². The zero-order chi connectivity index (χ0) is 22.6. The largest absolute Gasteiger partial charge is 0.477 e. The molecule has 0 spiro atoms. The van der Waals surface area contributed by atoms with Gasteiger partial charge in [-0.2, -0.15) is 0 Å². The first-order chi connectivity index (χ1) is 15.5. The first-order valence-corrected chi connectivity index (χ1v) is 11.7. The number of carbonyl (C=O) groups excluding carboxylic acids is 2. The summed E-state index contributed by atoms with van der Waals surface area (Å²) in [6, 6.07) is 18.1. The topological polar surface area (TPSA) is 70.7 Å². The average Bonchev–Trinajstić information content (AvgIpc) is 3.63. The van der Waals surface area contributed by atoms with Crippen molar-refractivity contribution in [3.05, 3.63) is 60.2 Å². The van der Waals surface area contributed by atoms with E-state index in [1.54, 1.807) is 0 Å². The summed E-state index contributed by atoms with van der Waals surface area (Å²) in [6.07, 6.45) is 3.30. The molecule has 1 fully saturated rings. The summed E-state index contributed by atoms with van der Waals surface area (Å²) in [6.45, 7) is 5.30. The maximum atomic E-state index is 12.9. The first-order valence-electron chi connectivity index (χ1n) is 11.7. The minimum Gasteiger partial charge on any atom is -0.477 e. The van der Waals surface area contributed by atoms with E-state index in [4.69, 9.17) is 4.74 Å². The van der Waals surface area contributed by atoms with Crippen LogP contribution in [0.25, 0.3) is 0 Å². The molecule has 1 atom stereocenters. The Kier molecular flexibility index (Phi) is 6.68. The minimum atomic E-state index is -0.641.